The Kier molecular flexibility index (Phi) is 10.2. The van der Waals surface area contributed by atoms with Gasteiger partial charge in [0.05, 0.1) is 22.0 Å². The molecule has 8 aromatic carbocycles. The van der Waals surface area contributed by atoms with Gasteiger partial charge in [0.1, 0.15) is 80.8 Å². The van der Waals surface area contributed by atoms with Gasteiger partial charge in [-0.05, 0) is 16.5 Å². The Morgan fingerprint density at radius 1 is 0.325 bits per heavy atom. The average molecular weight is 1010 g/mol. The zero-order valence-electron chi connectivity index (χ0n) is 38.6. The van der Waals surface area contributed by atoms with Crippen LogP contribution in [0, 0.1) is 0 Å². The van der Waals surface area contributed by atoms with Gasteiger partial charge in [-0.3, -0.25) is 13.6 Å². The highest BCUT2D eigenvalue weighted by Gasteiger charge is 2.35. The largest absolute Gasteiger partial charge is 0.509 e. The van der Waals surface area contributed by atoms with Crippen molar-refractivity contribution >= 4 is 140 Å². The first-order valence-electron chi connectivity index (χ1n) is 22.3. The van der Waals surface area contributed by atoms with Crippen molar-refractivity contribution in [2.75, 3.05) is 0 Å². The number of phenolic OH excluding ortho intramolecular Hbond substituents is 13. The van der Waals surface area contributed by atoms with Crippen molar-refractivity contribution in [2.24, 2.45) is 0 Å². The van der Waals surface area contributed by atoms with Crippen LogP contribution in [-0.2, 0) is 0 Å². The van der Waals surface area contributed by atoms with Crippen LogP contribution in [0.4, 0.5) is 0 Å². The molecule has 0 bridgehead atoms. The first kappa shape index (κ1) is 47.7. The lowest BCUT2D eigenvalue weighted by molar-refractivity contribution is 0.0877. The van der Waals surface area contributed by atoms with E-state index < -0.39 is 180 Å². The number of aromatic nitrogens is 4. The third kappa shape index (κ3) is 6.25. The highest BCUT2D eigenvalue weighted by atomic mass is 17.0. The number of rotatable bonds is 5. The van der Waals surface area contributed by atoms with Gasteiger partial charge in [0.15, 0.2) is 52.0 Å². The summed E-state index contributed by atoms with van der Waals surface area (Å²) in [6.07, 6.45) is 0. The van der Waals surface area contributed by atoms with E-state index in [-0.39, 0.29) is 16.7 Å². The van der Waals surface area contributed by atoms with Crippen LogP contribution in [0.1, 0.15) is 0 Å². The topological polar surface area (TPSA) is 345 Å². The molecule has 0 spiro atoms. The standard InChI is InChI=1S/C51H24B6N4O16/c52-23-17(16-11-5-10-15-14-9-4-8-13(45(14)75-46(15)16)12-6-2-1-3-7-12)32(62)26(55)25(54)20(23)49-58-50(60-51(59-49)22-35(65)40(70)43(73)41(71)36(22)66)21-24(53)18-19-30-47(44(74)42(72)33(19)63)76-77-48-31(27(56)37(67)28(57)38(48)68)61(30)29(18)39(69)34(21)64/h1-11,62-74H. The summed E-state index contributed by atoms with van der Waals surface area (Å²) in [4.78, 5) is 13.2. The number of nitrogens with zero attached hydrogens (tertiary/aromatic N) is 4. The van der Waals surface area contributed by atoms with Gasteiger partial charge >= 0.3 is 0 Å². The number of furan rings is 1. The average Bonchev–Trinajstić information content (AvgIpc) is 4.11. The molecule has 12 radical (unpaired) electrons. The summed E-state index contributed by atoms with van der Waals surface area (Å²) in [5.41, 5.74) is -7.00. The third-order valence-electron chi connectivity index (χ3n) is 13.5. The molecule has 26 heteroatoms. The quantitative estimate of drug-likeness (QED) is 0.0510. The number of fused-ring (bicyclic) bond motifs is 8. The summed E-state index contributed by atoms with van der Waals surface area (Å²) in [5, 5.41) is 147. The SMILES string of the molecule is [B]c1c([B])c(-c2nc(-c3c(O)c(O)c(O)c(O)c3O)nc(-c3c(O)c(O)c4c(c3[B])c3c(O)c(O)c(O)c5ooc6c(O)c([B])c(O)c([B])c6n4c53)n2)c([B])c(-c2cccc3c2oc2c(-c4ccccc4)cccc23)c1O. The predicted molar refractivity (Wildman–Crippen MR) is 285 cm³/mol. The second kappa shape index (κ2) is 16.4. The van der Waals surface area contributed by atoms with E-state index in [0.29, 0.717) is 16.4 Å². The number of phenols is 13. The summed E-state index contributed by atoms with van der Waals surface area (Å²) in [6.45, 7) is 0. The molecule has 0 aliphatic carbocycles. The molecule has 0 unspecified atom stereocenters. The fourth-order valence-electron chi connectivity index (χ4n) is 9.86. The van der Waals surface area contributed by atoms with Crippen molar-refractivity contribution in [1.82, 2.24) is 19.4 Å². The van der Waals surface area contributed by atoms with E-state index in [1.54, 1.807) is 18.2 Å². The highest BCUT2D eigenvalue weighted by Crippen LogP contribution is 2.56. The summed E-state index contributed by atoms with van der Waals surface area (Å²) in [5.74, 6) is -18.0. The first-order valence-corrected chi connectivity index (χ1v) is 22.3. The van der Waals surface area contributed by atoms with Crippen LogP contribution in [0.3, 0.4) is 0 Å². The number of hydrogen-bond donors (Lipinski definition) is 13. The van der Waals surface area contributed by atoms with Crippen LogP contribution in [0.15, 0.2) is 80.3 Å². The molecule has 0 atom stereocenters. The Bertz CT molecular complexity index is 4680. The van der Waals surface area contributed by atoms with Crippen molar-refractivity contribution < 1.29 is 80.0 Å². The summed E-state index contributed by atoms with van der Waals surface area (Å²) in [6, 6.07) is 19.9. The number of benzene rings is 8. The van der Waals surface area contributed by atoms with Crippen LogP contribution in [0.5, 0.6) is 74.7 Å². The molecular weight excluding hydrogens is 989 g/mol. The monoisotopic (exact) mass is 1010 g/mol. The Morgan fingerprint density at radius 3 is 1.47 bits per heavy atom. The number of hydrogen-bond acceptors (Lipinski definition) is 19. The Hall–Kier alpha value is -10.2. The van der Waals surface area contributed by atoms with Crippen molar-refractivity contribution in [1.29, 1.82) is 0 Å². The molecule has 362 valence electrons. The molecule has 77 heavy (non-hydrogen) atoms. The smallest absolute Gasteiger partial charge is 0.248 e. The van der Waals surface area contributed by atoms with E-state index in [4.69, 9.17) is 60.6 Å². The molecule has 12 aromatic rings. The Labute approximate surface area is 435 Å². The second-order valence-electron chi connectivity index (χ2n) is 17.6. The van der Waals surface area contributed by atoms with E-state index in [2.05, 4.69) is 15.0 Å². The molecule has 13 N–H and O–H groups in total. The van der Waals surface area contributed by atoms with Crippen molar-refractivity contribution in [3.63, 3.8) is 0 Å². The minimum atomic E-state index is -1.39. The lowest BCUT2D eigenvalue weighted by atomic mass is 9.69. The van der Waals surface area contributed by atoms with Gasteiger partial charge < -0.3 is 70.8 Å². The maximum Gasteiger partial charge on any atom is 0.248 e. The molecule has 4 heterocycles. The Morgan fingerprint density at radius 2 is 0.844 bits per heavy atom. The third-order valence-corrected chi connectivity index (χ3v) is 13.5. The summed E-state index contributed by atoms with van der Waals surface area (Å²) < 4.78 is 18.0. The van der Waals surface area contributed by atoms with E-state index in [1.165, 1.54) is 0 Å². The summed E-state index contributed by atoms with van der Waals surface area (Å²) >= 11 is 0. The molecular formula is C51H24B6N4O16. The van der Waals surface area contributed by atoms with E-state index in [1.807, 2.05) is 48.5 Å². The van der Waals surface area contributed by atoms with Crippen molar-refractivity contribution in [3.05, 3.63) is 66.7 Å². The molecule has 0 aliphatic heterocycles. The van der Waals surface area contributed by atoms with Crippen LogP contribution in [0.2, 0.25) is 0 Å². The van der Waals surface area contributed by atoms with Gasteiger partial charge in [-0.1, -0.05) is 88.6 Å². The second-order valence-corrected chi connectivity index (χ2v) is 17.6. The fraction of sp³-hybridized carbons (Fsp3) is 0. The highest BCUT2D eigenvalue weighted by molar-refractivity contribution is 6.56. The summed E-state index contributed by atoms with van der Waals surface area (Å²) in [7, 11) is 39.3. The molecule has 12 rings (SSSR count). The van der Waals surface area contributed by atoms with Crippen LogP contribution < -0.4 is 32.8 Å². The van der Waals surface area contributed by atoms with Crippen LogP contribution >= 0.6 is 0 Å². The van der Waals surface area contributed by atoms with Crippen molar-refractivity contribution in [3.8, 4) is 131 Å². The Balaban J connectivity index is 1.20. The predicted octanol–water partition coefficient (Wildman–Crippen LogP) is 2.50. The maximum atomic E-state index is 12.2. The zero-order valence-corrected chi connectivity index (χ0v) is 38.6. The van der Waals surface area contributed by atoms with Gasteiger partial charge in [0.25, 0.3) is 0 Å². The number of para-hydroxylation sites is 2. The van der Waals surface area contributed by atoms with Crippen LogP contribution in [0.25, 0.3) is 117 Å². The molecule has 0 fully saturated rings. The van der Waals surface area contributed by atoms with Gasteiger partial charge in [-0.15, -0.1) is 0 Å². The normalized spacial score (nSPS) is 11.8. The molecule has 0 amide bonds. The van der Waals surface area contributed by atoms with Crippen LogP contribution in [-0.4, -0.2) is 133 Å². The molecule has 0 aliphatic rings. The first-order chi connectivity index (χ1) is 36.7. The van der Waals surface area contributed by atoms with Crippen molar-refractivity contribution in [2.45, 2.75) is 0 Å². The van der Waals surface area contributed by atoms with Gasteiger partial charge in [0.2, 0.25) is 39.9 Å². The lowest BCUT2D eigenvalue weighted by Crippen LogP contribution is -2.35. The zero-order chi connectivity index (χ0) is 54.7. The van der Waals surface area contributed by atoms with E-state index >= 15 is 0 Å². The molecule has 0 saturated carbocycles. The van der Waals surface area contributed by atoms with E-state index in [9.17, 15) is 66.4 Å². The fourth-order valence-corrected chi connectivity index (χ4v) is 9.86. The molecule has 20 nitrogen and oxygen atoms in total. The minimum absolute atomic E-state index is 0.162. The van der Waals surface area contributed by atoms with Gasteiger partial charge in [0, 0.05) is 38.4 Å². The molecule has 4 aromatic heterocycles. The minimum Gasteiger partial charge on any atom is -0.509 e. The number of aromatic hydroxyl groups is 13. The lowest BCUT2D eigenvalue weighted by Gasteiger charge is -2.21. The van der Waals surface area contributed by atoms with Gasteiger partial charge in [-0.25, -0.2) is 15.0 Å². The maximum absolute atomic E-state index is 12.2. The van der Waals surface area contributed by atoms with Gasteiger partial charge in [-0.2, -0.15) is 0 Å². The molecule has 0 saturated heterocycles. The van der Waals surface area contributed by atoms with E-state index in [0.717, 1.165) is 15.5 Å².